The van der Waals surface area contributed by atoms with Crippen molar-refractivity contribution in [3.63, 3.8) is 0 Å². The minimum atomic E-state index is 0.101. The monoisotopic (exact) mass is 270 g/mol. The minimum Gasteiger partial charge on any atom is -0.357 e. The van der Waals surface area contributed by atoms with E-state index in [0.717, 1.165) is 22.3 Å². The Bertz CT molecular complexity index is 414. The highest BCUT2D eigenvalue weighted by atomic mass is 32.2. The van der Waals surface area contributed by atoms with E-state index < -0.39 is 0 Å². The summed E-state index contributed by atoms with van der Waals surface area (Å²) < 4.78 is 0.860. The lowest BCUT2D eigenvalue weighted by Crippen LogP contribution is -2.26. The molecule has 92 valence electrons. The molecule has 2 saturated carbocycles. The first-order chi connectivity index (χ1) is 8.29. The van der Waals surface area contributed by atoms with Crippen molar-refractivity contribution in [2.24, 2.45) is 0 Å². The van der Waals surface area contributed by atoms with E-state index in [4.69, 9.17) is 0 Å². The van der Waals surface area contributed by atoms with Gasteiger partial charge in [-0.15, -0.1) is 10.2 Å². The highest BCUT2D eigenvalue weighted by Gasteiger charge is 2.24. The third kappa shape index (κ3) is 3.57. The van der Waals surface area contributed by atoms with Gasteiger partial charge in [0, 0.05) is 12.1 Å². The molecule has 0 aliphatic heterocycles. The molecule has 2 fully saturated rings. The smallest absolute Gasteiger partial charge is 0.230 e. The normalized spacial score (nSPS) is 19.1. The summed E-state index contributed by atoms with van der Waals surface area (Å²) in [6.07, 6.45) is 4.72. The molecule has 2 aliphatic rings. The number of nitrogens with one attached hydrogen (secondary N) is 2. The van der Waals surface area contributed by atoms with Crippen LogP contribution in [0.3, 0.4) is 0 Å². The molecule has 1 aromatic rings. The van der Waals surface area contributed by atoms with Gasteiger partial charge < -0.3 is 10.6 Å². The number of hydrogen-bond donors (Lipinski definition) is 2. The predicted molar refractivity (Wildman–Crippen MR) is 68.4 cm³/mol. The molecule has 0 radical (unpaired) electrons. The van der Waals surface area contributed by atoms with E-state index in [1.807, 2.05) is 0 Å². The fourth-order valence-corrected chi connectivity index (χ4v) is 2.99. The van der Waals surface area contributed by atoms with Crippen LogP contribution in [0.15, 0.2) is 4.34 Å². The molecule has 1 aromatic heterocycles. The maximum Gasteiger partial charge on any atom is 0.230 e. The Balaban J connectivity index is 1.43. The first kappa shape index (κ1) is 11.3. The molecule has 0 atom stereocenters. The third-order valence-electron chi connectivity index (χ3n) is 2.58. The van der Waals surface area contributed by atoms with Gasteiger partial charge in [0.15, 0.2) is 4.34 Å². The van der Waals surface area contributed by atoms with Crippen LogP contribution in [-0.4, -0.2) is 33.9 Å². The second-order valence-electron chi connectivity index (χ2n) is 4.42. The Labute approximate surface area is 108 Å². The molecule has 5 nitrogen and oxygen atoms in total. The van der Waals surface area contributed by atoms with Crippen LogP contribution < -0.4 is 10.6 Å². The molecule has 0 aromatic carbocycles. The van der Waals surface area contributed by atoms with E-state index in [9.17, 15) is 4.79 Å². The van der Waals surface area contributed by atoms with Gasteiger partial charge in [-0.2, -0.15) is 0 Å². The quantitative estimate of drug-likeness (QED) is 0.767. The summed E-state index contributed by atoms with van der Waals surface area (Å²) in [7, 11) is 0. The number of aromatic nitrogens is 2. The van der Waals surface area contributed by atoms with Crippen molar-refractivity contribution in [3.8, 4) is 0 Å². The lowest BCUT2D eigenvalue weighted by molar-refractivity contribution is -0.118. The van der Waals surface area contributed by atoms with E-state index in [1.165, 1.54) is 35.9 Å². The Morgan fingerprint density at radius 1 is 1.29 bits per heavy atom. The third-order valence-corrected chi connectivity index (χ3v) is 4.57. The number of rotatable bonds is 6. The molecule has 1 amide bonds. The molecule has 17 heavy (non-hydrogen) atoms. The first-order valence-electron chi connectivity index (χ1n) is 5.82. The van der Waals surface area contributed by atoms with E-state index in [1.54, 1.807) is 0 Å². The highest BCUT2D eigenvalue weighted by Crippen LogP contribution is 2.30. The van der Waals surface area contributed by atoms with Gasteiger partial charge >= 0.3 is 0 Å². The molecule has 2 N–H and O–H groups in total. The van der Waals surface area contributed by atoms with Crippen molar-refractivity contribution in [1.29, 1.82) is 0 Å². The van der Waals surface area contributed by atoms with Crippen LogP contribution in [0.2, 0.25) is 0 Å². The van der Waals surface area contributed by atoms with Gasteiger partial charge in [-0.3, -0.25) is 4.79 Å². The van der Waals surface area contributed by atoms with Gasteiger partial charge in [0.2, 0.25) is 11.0 Å². The largest absolute Gasteiger partial charge is 0.357 e. The van der Waals surface area contributed by atoms with Crippen molar-refractivity contribution in [2.75, 3.05) is 11.1 Å². The summed E-state index contributed by atoms with van der Waals surface area (Å²) in [5.74, 6) is 0.540. The molecular weight excluding hydrogens is 256 g/mol. The number of carbonyl (C=O) groups excluding carboxylic acids is 1. The summed E-state index contributed by atoms with van der Waals surface area (Å²) in [4.78, 5) is 11.5. The van der Waals surface area contributed by atoms with Crippen molar-refractivity contribution in [1.82, 2.24) is 15.5 Å². The summed E-state index contributed by atoms with van der Waals surface area (Å²) in [6, 6.07) is 1.03. The van der Waals surface area contributed by atoms with E-state index in [0.29, 0.717) is 17.8 Å². The number of nitrogens with zero attached hydrogens (tertiary/aromatic N) is 2. The fraction of sp³-hybridized carbons (Fsp3) is 0.700. The van der Waals surface area contributed by atoms with E-state index in [-0.39, 0.29) is 5.91 Å². The van der Waals surface area contributed by atoms with Gasteiger partial charge in [0.25, 0.3) is 0 Å². The van der Waals surface area contributed by atoms with Gasteiger partial charge in [-0.1, -0.05) is 23.1 Å². The summed E-state index contributed by atoms with van der Waals surface area (Å²) in [5, 5.41) is 15.2. The number of thioether (sulfide) groups is 1. The highest BCUT2D eigenvalue weighted by molar-refractivity contribution is 8.01. The standard InChI is InChI=1S/C10H14N4OS2/c15-8(11-6-1-2-6)5-16-10-14-13-9(17-10)12-7-3-4-7/h6-7H,1-5H2,(H,11,15)(H,12,13). The molecule has 3 rings (SSSR count). The molecule has 0 unspecified atom stereocenters. The van der Waals surface area contributed by atoms with Gasteiger partial charge in [0.1, 0.15) is 0 Å². The number of carbonyl (C=O) groups is 1. The number of hydrogen-bond acceptors (Lipinski definition) is 6. The lowest BCUT2D eigenvalue weighted by Gasteiger charge is -2.00. The predicted octanol–water partition coefficient (Wildman–Crippen LogP) is 1.48. The minimum absolute atomic E-state index is 0.101. The first-order valence-corrected chi connectivity index (χ1v) is 7.62. The van der Waals surface area contributed by atoms with E-state index in [2.05, 4.69) is 20.8 Å². The molecular formula is C10H14N4OS2. The average molecular weight is 270 g/mol. The van der Waals surface area contributed by atoms with Crippen molar-refractivity contribution in [3.05, 3.63) is 0 Å². The Hall–Kier alpha value is -0.820. The van der Waals surface area contributed by atoms with Crippen LogP contribution in [0.5, 0.6) is 0 Å². The summed E-state index contributed by atoms with van der Waals surface area (Å²) >= 11 is 2.99. The topological polar surface area (TPSA) is 66.9 Å². The van der Waals surface area contributed by atoms with Gasteiger partial charge in [-0.25, -0.2) is 0 Å². The zero-order valence-corrected chi connectivity index (χ0v) is 10.9. The van der Waals surface area contributed by atoms with Gasteiger partial charge in [0.05, 0.1) is 5.75 Å². The van der Waals surface area contributed by atoms with Crippen LogP contribution in [-0.2, 0) is 4.79 Å². The van der Waals surface area contributed by atoms with Crippen LogP contribution in [0.4, 0.5) is 5.13 Å². The summed E-state index contributed by atoms with van der Waals surface area (Å²) in [5.41, 5.74) is 0. The van der Waals surface area contributed by atoms with Crippen LogP contribution >= 0.6 is 23.1 Å². The van der Waals surface area contributed by atoms with Crippen molar-refractivity contribution in [2.45, 2.75) is 42.1 Å². The van der Waals surface area contributed by atoms with Crippen LogP contribution in [0, 0.1) is 0 Å². The molecule has 0 saturated heterocycles. The maximum atomic E-state index is 11.5. The van der Waals surface area contributed by atoms with E-state index >= 15 is 0 Å². The second-order valence-corrected chi connectivity index (χ2v) is 6.62. The Morgan fingerprint density at radius 3 is 2.76 bits per heavy atom. The molecule has 0 bridgehead atoms. The Kier molecular flexibility index (Phi) is 3.19. The Morgan fingerprint density at radius 2 is 2.06 bits per heavy atom. The lowest BCUT2D eigenvalue weighted by atomic mass is 10.6. The molecule has 7 heteroatoms. The second kappa shape index (κ2) is 4.81. The zero-order chi connectivity index (χ0) is 11.7. The van der Waals surface area contributed by atoms with Gasteiger partial charge in [-0.05, 0) is 25.7 Å². The molecule has 1 heterocycles. The fourth-order valence-electron chi connectivity index (χ4n) is 1.35. The number of amides is 1. The average Bonchev–Trinajstić information content (AvgIpc) is 3.20. The van der Waals surface area contributed by atoms with Crippen molar-refractivity contribution < 1.29 is 4.79 Å². The molecule has 0 spiro atoms. The zero-order valence-electron chi connectivity index (χ0n) is 9.31. The summed E-state index contributed by atoms with van der Waals surface area (Å²) in [6.45, 7) is 0. The number of anilines is 1. The maximum absolute atomic E-state index is 11.5. The van der Waals surface area contributed by atoms with Crippen molar-refractivity contribution >= 4 is 34.1 Å². The SMILES string of the molecule is O=C(CSc1nnc(NC2CC2)s1)NC1CC1. The van der Waals surface area contributed by atoms with Crippen LogP contribution in [0.1, 0.15) is 25.7 Å². The molecule has 2 aliphatic carbocycles. The van der Waals surface area contributed by atoms with Crippen LogP contribution in [0.25, 0.3) is 0 Å².